The molecule has 7 nitrogen and oxygen atoms in total. The largest absolute Gasteiger partial charge is 0.275 e. The lowest BCUT2D eigenvalue weighted by Gasteiger charge is -2.28. The van der Waals surface area contributed by atoms with Crippen molar-refractivity contribution in [3.8, 4) is 0 Å². The summed E-state index contributed by atoms with van der Waals surface area (Å²) in [5.41, 5.74) is 0.493. The lowest BCUT2D eigenvalue weighted by Crippen LogP contribution is -2.36. The minimum atomic E-state index is -4.05. The van der Waals surface area contributed by atoms with E-state index in [1.807, 2.05) is 0 Å². The molecule has 1 aliphatic rings. The topological polar surface area (TPSA) is 89.3 Å². The van der Waals surface area contributed by atoms with Crippen molar-refractivity contribution < 1.29 is 21.2 Å². The molecule has 136 valence electrons. The molecule has 25 heavy (non-hydrogen) atoms. The fraction of sp³-hybridized carbons (Fsp3) is 0.400. The summed E-state index contributed by atoms with van der Waals surface area (Å²) in [5, 5.41) is 4.01. The number of sulfonamides is 1. The first-order chi connectivity index (χ1) is 11.7. The van der Waals surface area contributed by atoms with E-state index in [1.54, 1.807) is 13.2 Å². The fourth-order valence-electron chi connectivity index (χ4n) is 2.93. The molecule has 3 rings (SSSR count). The van der Waals surface area contributed by atoms with Crippen LogP contribution in [0.4, 0.5) is 4.39 Å². The van der Waals surface area contributed by atoms with E-state index in [-0.39, 0.29) is 29.4 Å². The van der Waals surface area contributed by atoms with E-state index in [1.165, 1.54) is 23.0 Å². The number of halogens is 1. The molecule has 1 saturated heterocycles. The van der Waals surface area contributed by atoms with Gasteiger partial charge in [0.15, 0.2) is 9.84 Å². The summed E-state index contributed by atoms with van der Waals surface area (Å²) in [4.78, 5) is -0.194. The van der Waals surface area contributed by atoms with Gasteiger partial charge in [-0.15, -0.1) is 0 Å². The average Bonchev–Trinajstić information content (AvgIpc) is 2.88. The Kier molecular flexibility index (Phi) is 4.69. The first-order valence-corrected chi connectivity index (χ1v) is 10.9. The highest BCUT2D eigenvalue weighted by Gasteiger charge is 2.38. The SMILES string of the molecule is Cn1cc(C2CS(=O)(=O)CCCN2S(=O)(=O)c2cccc(F)c2)cn1. The highest BCUT2D eigenvalue weighted by molar-refractivity contribution is 7.91. The number of nitrogens with zero attached hydrogens (tertiary/aromatic N) is 3. The number of aromatic nitrogens is 2. The maximum absolute atomic E-state index is 13.5. The smallest absolute Gasteiger partial charge is 0.243 e. The van der Waals surface area contributed by atoms with Crippen molar-refractivity contribution in [1.82, 2.24) is 14.1 Å². The van der Waals surface area contributed by atoms with Gasteiger partial charge in [-0.25, -0.2) is 21.2 Å². The van der Waals surface area contributed by atoms with Crippen molar-refractivity contribution in [2.45, 2.75) is 17.4 Å². The Labute approximate surface area is 146 Å². The van der Waals surface area contributed by atoms with Gasteiger partial charge in [-0.3, -0.25) is 4.68 Å². The van der Waals surface area contributed by atoms with Gasteiger partial charge in [-0.2, -0.15) is 9.40 Å². The van der Waals surface area contributed by atoms with Crippen LogP contribution in [-0.2, 0) is 26.9 Å². The molecule has 1 aliphatic heterocycles. The van der Waals surface area contributed by atoms with E-state index >= 15 is 0 Å². The summed E-state index contributed by atoms with van der Waals surface area (Å²) >= 11 is 0. The molecule has 0 saturated carbocycles. The number of benzene rings is 1. The first kappa shape index (κ1) is 18.0. The molecule has 2 heterocycles. The van der Waals surface area contributed by atoms with Gasteiger partial charge in [0.2, 0.25) is 10.0 Å². The molecule has 0 aliphatic carbocycles. The zero-order valence-electron chi connectivity index (χ0n) is 13.5. The first-order valence-electron chi connectivity index (χ1n) is 7.65. The van der Waals surface area contributed by atoms with Crippen molar-refractivity contribution in [2.24, 2.45) is 7.05 Å². The average molecular weight is 387 g/mol. The summed E-state index contributed by atoms with van der Waals surface area (Å²) in [7, 11) is -5.80. The van der Waals surface area contributed by atoms with E-state index in [2.05, 4.69) is 5.10 Å². The highest BCUT2D eigenvalue weighted by Crippen LogP contribution is 2.31. The standard InChI is InChI=1S/C15H18FN3O4S2/c1-18-10-12(9-17-18)15-11-24(20,21)7-3-6-19(15)25(22,23)14-5-2-4-13(16)8-14/h2,4-5,8-10,15H,3,6-7,11H2,1H3. The molecule has 1 aromatic heterocycles. The molecular weight excluding hydrogens is 369 g/mol. The van der Waals surface area contributed by atoms with Crippen LogP contribution in [0.3, 0.4) is 0 Å². The summed E-state index contributed by atoms with van der Waals surface area (Å²) in [6, 6.07) is 3.82. The molecule has 0 N–H and O–H groups in total. The molecule has 10 heteroatoms. The summed E-state index contributed by atoms with van der Waals surface area (Å²) < 4.78 is 66.6. The third-order valence-corrected chi connectivity index (χ3v) is 7.74. The highest BCUT2D eigenvalue weighted by atomic mass is 32.2. The van der Waals surface area contributed by atoms with E-state index in [0.29, 0.717) is 5.56 Å². The third kappa shape index (κ3) is 3.75. The Morgan fingerprint density at radius 2 is 2.08 bits per heavy atom. The van der Waals surface area contributed by atoms with Gasteiger partial charge in [0.25, 0.3) is 0 Å². The van der Waals surface area contributed by atoms with E-state index in [9.17, 15) is 21.2 Å². The van der Waals surface area contributed by atoms with Crippen molar-refractivity contribution in [3.05, 3.63) is 48.0 Å². The predicted molar refractivity (Wildman–Crippen MR) is 89.5 cm³/mol. The second-order valence-corrected chi connectivity index (χ2v) is 10.1. The van der Waals surface area contributed by atoms with Crippen LogP contribution >= 0.6 is 0 Å². The lowest BCUT2D eigenvalue weighted by molar-refractivity contribution is 0.351. The summed E-state index contributed by atoms with van der Waals surface area (Å²) in [6.45, 7) is 0.0393. The van der Waals surface area contributed by atoms with Crippen LogP contribution < -0.4 is 0 Å². The molecular formula is C15H18FN3O4S2. The van der Waals surface area contributed by atoms with E-state index in [0.717, 1.165) is 16.4 Å². The third-order valence-electron chi connectivity index (χ3n) is 4.11. The summed E-state index contributed by atoms with van der Waals surface area (Å²) in [5.74, 6) is -1.08. The van der Waals surface area contributed by atoms with Crippen LogP contribution in [0, 0.1) is 5.82 Å². The van der Waals surface area contributed by atoms with Gasteiger partial charge in [-0.1, -0.05) is 6.07 Å². The fourth-order valence-corrected chi connectivity index (χ4v) is 6.30. The van der Waals surface area contributed by atoms with Crippen molar-refractivity contribution in [1.29, 1.82) is 0 Å². The molecule has 1 aromatic carbocycles. The van der Waals surface area contributed by atoms with Crippen LogP contribution in [0.25, 0.3) is 0 Å². The molecule has 0 radical (unpaired) electrons. The van der Waals surface area contributed by atoms with Gasteiger partial charge in [-0.05, 0) is 24.6 Å². The van der Waals surface area contributed by atoms with Gasteiger partial charge >= 0.3 is 0 Å². The monoisotopic (exact) mass is 387 g/mol. The normalized spacial score (nSPS) is 21.8. The van der Waals surface area contributed by atoms with Crippen LogP contribution in [0.5, 0.6) is 0 Å². The van der Waals surface area contributed by atoms with Crippen molar-refractivity contribution in [2.75, 3.05) is 18.1 Å². The van der Waals surface area contributed by atoms with Gasteiger partial charge in [0.1, 0.15) is 5.82 Å². The molecule has 2 aromatic rings. The van der Waals surface area contributed by atoms with Gasteiger partial charge in [0, 0.05) is 25.4 Å². The number of sulfone groups is 1. The lowest BCUT2D eigenvalue weighted by atomic mass is 10.2. The van der Waals surface area contributed by atoms with Crippen LogP contribution in [-0.4, -0.2) is 49.0 Å². The second-order valence-electron chi connectivity index (χ2n) is 6.00. The Bertz CT molecular complexity index is 986. The Hall–Kier alpha value is -1.78. The van der Waals surface area contributed by atoms with Gasteiger partial charge < -0.3 is 0 Å². The second kappa shape index (κ2) is 6.50. The van der Waals surface area contributed by atoms with Crippen LogP contribution in [0.1, 0.15) is 18.0 Å². The maximum Gasteiger partial charge on any atom is 0.243 e. The Morgan fingerprint density at radius 1 is 1.32 bits per heavy atom. The molecule has 0 spiro atoms. The minimum absolute atomic E-state index is 0.0393. The number of rotatable bonds is 3. The predicted octanol–water partition coefficient (Wildman–Crippen LogP) is 1.11. The molecule has 1 fully saturated rings. The quantitative estimate of drug-likeness (QED) is 0.787. The Balaban J connectivity index is 2.10. The van der Waals surface area contributed by atoms with Crippen molar-refractivity contribution >= 4 is 19.9 Å². The zero-order chi connectivity index (χ0) is 18.2. The molecule has 1 atom stereocenters. The number of aryl methyl sites for hydroxylation is 1. The minimum Gasteiger partial charge on any atom is -0.275 e. The summed E-state index contributed by atoms with van der Waals surface area (Å²) in [6.07, 6.45) is 3.24. The maximum atomic E-state index is 13.5. The number of hydrogen-bond donors (Lipinski definition) is 0. The van der Waals surface area contributed by atoms with E-state index < -0.39 is 31.7 Å². The molecule has 1 unspecified atom stereocenters. The Morgan fingerprint density at radius 3 is 2.72 bits per heavy atom. The van der Waals surface area contributed by atoms with E-state index in [4.69, 9.17) is 0 Å². The van der Waals surface area contributed by atoms with Gasteiger partial charge in [0.05, 0.1) is 28.6 Å². The zero-order valence-corrected chi connectivity index (χ0v) is 15.2. The molecule has 0 amide bonds. The van der Waals surface area contributed by atoms with Crippen LogP contribution in [0.2, 0.25) is 0 Å². The molecule has 0 bridgehead atoms. The van der Waals surface area contributed by atoms with Crippen LogP contribution in [0.15, 0.2) is 41.6 Å². The number of hydrogen-bond acceptors (Lipinski definition) is 5. The van der Waals surface area contributed by atoms with Crippen molar-refractivity contribution in [3.63, 3.8) is 0 Å².